The molecule has 0 aromatic heterocycles. The first-order valence-electron chi connectivity index (χ1n) is 6.57. The maximum absolute atomic E-state index is 11.0. The Balaban J connectivity index is 2.05. The zero-order valence-electron chi connectivity index (χ0n) is 11.6. The number of hydrogen-bond acceptors (Lipinski definition) is 5. The Labute approximate surface area is 117 Å². The number of nitrogens with zero attached hydrogens (tertiary/aromatic N) is 1. The Kier molecular flexibility index (Phi) is 4.37. The molecule has 1 heterocycles. The van der Waals surface area contributed by atoms with Gasteiger partial charge < -0.3 is 14.6 Å². The number of benzene rings is 1. The van der Waals surface area contributed by atoms with Crippen LogP contribution in [0.25, 0.3) is 0 Å². The third-order valence-corrected chi connectivity index (χ3v) is 3.56. The summed E-state index contributed by atoms with van der Waals surface area (Å²) in [6.07, 6.45) is -0.615. The molecule has 110 valence electrons. The van der Waals surface area contributed by atoms with Crippen molar-refractivity contribution in [1.82, 2.24) is 0 Å². The Hall–Kier alpha value is -1.50. The van der Waals surface area contributed by atoms with Crippen LogP contribution >= 0.6 is 0 Å². The van der Waals surface area contributed by atoms with Gasteiger partial charge in [0.15, 0.2) is 6.29 Å². The van der Waals surface area contributed by atoms with Gasteiger partial charge in [-0.25, -0.2) is 0 Å². The van der Waals surface area contributed by atoms with Crippen molar-refractivity contribution >= 4 is 0 Å². The molecular formula is C14H19NO5. The molecule has 0 atom stereocenters. The van der Waals surface area contributed by atoms with Gasteiger partial charge in [-0.3, -0.25) is 10.1 Å². The summed E-state index contributed by atoms with van der Waals surface area (Å²) in [7, 11) is 0. The first-order valence-corrected chi connectivity index (χ1v) is 6.57. The van der Waals surface area contributed by atoms with E-state index in [9.17, 15) is 10.1 Å². The number of hydrogen-bond donors (Lipinski definition) is 1. The normalized spacial score (nSPS) is 26.7. The van der Waals surface area contributed by atoms with Crippen LogP contribution in [0.4, 0.5) is 0 Å². The zero-order valence-corrected chi connectivity index (χ0v) is 11.6. The summed E-state index contributed by atoms with van der Waals surface area (Å²) in [4.78, 5) is 10.4. The van der Waals surface area contributed by atoms with Gasteiger partial charge in [0.05, 0.1) is 0 Å². The van der Waals surface area contributed by atoms with Gasteiger partial charge in [-0.15, -0.1) is 0 Å². The molecule has 1 aliphatic heterocycles. The van der Waals surface area contributed by atoms with Crippen LogP contribution in [0.15, 0.2) is 24.3 Å². The Morgan fingerprint density at radius 3 is 2.30 bits per heavy atom. The van der Waals surface area contributed by atoms with Gasteiger partial charge in [-0.1, -0.05) is 38.1 Å². The van der Waals surface area contributed by atoms with E-state index < -0.39 is 23.4 Å². The molecule has 20 heavy (non-hydrogen) atoms. The van der Waals surface area contributed by atoms with E-state index in [1.54, 1.807) is 0 Å². The highest BCUT2D eigenvalue weighted by molar-refractivity contribution is 5.25. The number of aliphatic hydroxyl groups is 1. The van der Waals surface area contributed by atoms with Gasteiger partial charge in [-0.05, 0) is 11.5 Å². The number of rotatable bonds is 4. The molecule has 0 bridgehead atoms. The SMILES string of the molecule is CC(C)c1ccc(C2OCC(CO)([N+](=O)[O-])CO2)cc1. The van der Waals surface area contributed by atoms with Gasteiger partial charge in [0.2, 0.25) is 0 Å². The summed E-state index contributed by atoms with van der Waals surface area (Å²) in [5.41, 5.74) is 0.484. The van der Waals surface area contributed by atoms with Crippen LogP contribution in [-0.4, -0.2) is 35.4 Å². The summed E-state index contributed by atoms with van der Waals surface area (Å²) in [6, 6.07) is 7.79. The van der Waals surface area contributed by atoms with Crippen molar-refractivity contribution in [1.29, 1.82) is 0 Å². The second kappa shape index (κ2) is 5.87. The second-order valence-electron chi connectivity index (χ2n) is 5.41. The summed E-state index contributed by atoms with van der Waals surface area (Å²) in [5.74, 6) is 0.439. The molecule has 0 unspecified atom stereocenters. The quantitative estimate of drug-likeness (QED) is 0.673. The molecular weight excluding hydrogens is 262 g/mol. The molecule has 1 aromatic rings. The van der Waals surface area contributed by atoms with Crippen molar-refractivity contribution in [2.75, 3.05) is 19.8 Å². The molecule has 2 rings (SSSR count). The van der Waals surface area contributed by atoms with Crippen LogP contribution in [0.5, 0.6) is 0 Å². The Bertz CT molecular complexity index is 463. The summed E-state index contributed by atoms with van der Waals surface area (Å²) in [5, 5.41) is 20.1. The van der Waals surface area contributed by atoms with Crippen molar-refractivity contribution in [3.63, 3.8) is 0 Å². The summed E-state index contributed by atoms with van der Waals surface area (Å²) in [6.45, 7) is 3.30. The van der Waals surface area contributed by atoms with Gasteiger partial charge in [-0.2, -0.15) is 0 Å². The van der Waals surface area contributed by atoms with E-state index in [-0.39, 0.29) is 13.2 Å². The Morgan fingerprint density at radius 2 is 1.90 bits per heavy atom. The minimum atomic E-state index is -1.55. The first kappa shape index (κ1) is 14.9. The van der Waals surface area contributed by atoms with Gasteiger partial charge in [0, 0.05) is 10.5 Å². The van der Waals surface area contributed by atoms with Crippen LogP contribution in [-0.2, 0) is 9.47 Å². The van der Waals surface area contributed by atoms with Crippen LogP contribution in [0, 0.1) is 10.1 Å². The van der Waals surface area contributed by atoms with Crippen molar-refractivity contribution < 1.29 is 19.5 Å². The molecule has 0 radical (unpaired) electrons. The van der Waals surface area contributed by atoms with Crippen molar-refractivity contribution in [3.05, 3.63) is 45.5 Å². The largest absolute Gasteiger partial charge is 0.389 e. The number of aliphatic hydroxyl groups excluding tert-OH is 1. The molecule has 0 saturated carbocycles. The second-order valence-corrected chi connectivity index (χ2v) is 5.41. The van der Waals surface area contributed by atoms with E-state index in [1.807, 2.05) is 24.3 Å². The lowest BCUT2D eigenvalue weighted by atomic mass is 10.0. The third-order valence-electron chi connectivity index (χ3n) is 3.56. The molecule has 1 saturated heterocycles. The van der Waals surface area contributed by atoms with Crippen LogP contribution in [0.2, 0.25) is 0 Å². The summed E-state index contributed by atoms with van der Waals surface area (Å²) < 4.78 is 10.8. The monoisotopic (exact) mass is 281 g/mol. The number of nitro groups is 1. The first-order chi connectivity index (χ1) is 9.48. The highest BCUT2D eigenvalue weighted by Gasteiger charge is 2.48. The fraction of sp³-hybridized carbons (Fsp3) is 0.571. The zero-order chi connectivity index (χ0) is 14.8. The number of ether oxygens (including phenoxy) is 2. The Morgan fingerprint density at radius 1 is 1.35 bits per heavy atom. The molecule has 1 aliphatic rings. The smallest absolute Gasteiger partial charge is 0.290 e. The highest BCUT2D eigenvalue weighted by atomic mass is 16.7. The van der Waals surface area contributed by atoms with Crippen LogP contribution in [0.1, 0.15) is 37.2 Å². The minimum Gasteiger partial charge on any atom is -0.389 e. The van der Waals surface area contributed by atoms with Gasteiger partial charge in [0.25, 0.3) is 5.54 Å². The predicted molar refractivity (Wildman–Crippen MR) is 72.0 cm³/mol. The maximum Gasteiger partial charge on any atom is 0.290 e. The van der Waals surface area contributed by atoms with E-state index in [1.165, 1.54) is 5.56 Å². The standard InChI is InChI=1S/C14H19NO5/c1-10(2)11-3-5-12(6-4-11)13-19-8-14(7-16,9-20-13)15(17)18/h3-6,10,13,16H,7-9H2,1-2H3. The molecule has 1 N–H and O–H groups in total. The maximum atomic E-state index is 11.0. The molecule has 0 spiro atoms. The summed E-state index contributed by atoms with van der Waals surface area (Å²) >= 11 is 0. The van der Waals surface area contributed by atoms with Crippen LogP contribution < -0.4 is 0 Å². The third kappa shape index (κ3) is 2.82. The minimum absolute atomic E-state index is 0.160. The molecule has 1 aromatic carbocycles. The lowest BCUT2D eigenvalue weighted by molar-refractivity contribution is -0.595. The topological polar surface area (TPSA) is 81.8 Å². The molecule has 1 fully saturated rings. The van der Waals surface area contributed by atoms with E-state index >= 15 is 0 Å². The lowest BCUT2D eigenvalue weighted by Crippen LogP contribution is -2.54. The van der Waals surface area contributed by atoms with Crippen molar-refractivity contribution in [3.8, 4) is 0 Å². The van der Waals surface area contributed by atoms with Gasteiger partial charge in [0.1, 0.15) is 19.8 Å². The lowest BCUT2D eigenvalue weighted by Gasteiger charge is -2.32. The van der Waals surface area contributed by atoms with Crippen molar-refractivity contribution in [2.45, 2.75) is 31.6 Å². The highest BCUT2D eigenvalue weighted by Crippen LogP contribution is 2.29. The van der Waals surface area contributed by atoms with Crippen molar-refractivity contribution in [2.24, 2.45) is 0 Å². The van der Waals surface area contributed by atoms with E-state index in [2.05, 4.69) is 13.8 Å². The average molecular weight is 281 g/mol. The fourth-order valence-corrected chi connectivity index (χ4v) is 2.04. The predicted octanol–water partition coefficient (Wildman–Crippen LogP) is 1.86. The molecule has 6 heteroatoms. The average Bonchev–Trinajstić information content (AvgIpc) is 2.47. The molecule has 6 nitrogen and oxygen atoms in total. The van der Waals surface area contributed by atoms with E-state index in [0.29, 0.717) is 5.92 Å². The van der Waals surface area contributed by atoms with Crippen LogP contribution in [0.3, 0.4) is 0 Å². The van der Waals surface area contributed by atoms with E-state index in [4.69, 9.17) is 14.6 Å². The van der Waals surface area contributed by atoms with Gasteiger partial charge >= 0.3 is 0 Å². The van der Waals surface area contributed by atoms with E-state index in [0.717, 1.165) is 5.56 Å². The molecule has 0 amide bonds. The fourth-order valence-electron chi connectivity index (χ4n) is 2.04. The molecule has 0 aliphatic carbocycles.